The van der Waals surface area contributed by atoms with E-state index < -0.39 is 0 Å². The SMILES string of the molecule is Cc1cccc(CNC(=O)C2CCN(C(=O)C(C)C)CC2)c1. The average Bonchev–Trinajstić information content (AvgIpc) is 2.52. The van der Waals surface area contributed by atoms with Gasteiger partial charge in [0, 0.05) is 31.5 Å². The van der Waals surface area contributed by atoms with Gasteiger partial charge in [0.05, 0.1) is 0 Å². The highest BCUT2D eigenvalue weighted by Gasteiger charge is 2.27. The number of benzene rings is 1. The van der Waals surface area contributed by atoms with E-state index in [1.165, 1.54) is 5.56 Å². The van der Waals surface area contributed by atoms with Crippen LogP contribution in [0.25, 0.3) is 0 Å². The molecule has 2 rings (SSSR count). The van der Waals surface area contributed by atoms with Gasteiger partial charge < -0.3 is 10.2 Å². The van der Waals surface area contributed by atoms with Crippen molar-refractivity contribution in [1.29, 1.82) is 0 Å². The molecule has 0 saturated carbocycles. The van der Waals surface area contributed by atoms with E-state index in [-0.39, 0.29) is 23.7 Å². The predicted molar refractivity (Wildman–Crippen MR) is 87.2 cm³/mol. The fourth-order valence-electron chi connectivity index (χ4n) is 2.88. The van der Waals surface area contributed by atoms with Crippen LogP contribution in [0.15, 0.2) is 24.3 Å². The molecule has 1 N–H and O–H groups in total. The van der Waals surface area contributed by atoms with Crippen LogP contribution in [-0.4, -0.2) is 29.8 Å². The molecule has 1 aromatic rings. The Morgan fingerprint density at radius 3 is 2.55 bits per heavy atom. The first kappa shape index (κ1) is 16.5. The summed E-state index contributed by atoms with van der Waals surface area (Å²) in [5.74, 6) is 0.365. The lowest BCUT2D eigenvalue weighted by Gasteiger charge is -2.32. The number of carbonyl (C=O) groups is 2. The maximum absolute atomic E-state index is 12.3. The number of hydrogen-bond donors (Lipinski definition) is 1. The zero-order valence-corrected chi connectivity index (χ0v) is 13.8. The molecular formula is C18H26N2O2. The number of carbonyl (C=O) groups excluding carboxylic acids is 2. The van der Waals surface area contributed by atoms with E-state index in [0.717, 1.165) is 18.4 Å². The molecule has 1 heterocycles. The van der Waals surface area contributed by atoms with Gasteiger partial charge in [0.2, 0.25) is 11.8 Å². The summed E-state index contributed by atoms with van der Waals surface area (Å²) in [6.07, 6.45) is 1.52. The Balaban J connectivity index is 1.79. The van der Waals surface area contributed by atoms with Crippen molar-refractivity contribution in [3.63, 3.8) is 0 Å². The molecule has 0 radical (unpaired) electrons. The molecule has 1 aliphatic rings. The third-order valence-corrected chi connectivity index (χ3v) is 4.22. The average molecular weight is 302 g/mol. The summed E-state index contributed by atoms with van der Waals surface area (Å²) in [4.78, 5) is 26.1. The van der Waals surface area contributed by atoms with Gasteiger partial charge in [-0.3, -0.25) is 9.59 Å². The van der Waals surface area contributed by atoms with E-state index >= 15 is 0 Å². The third-order valence-electron chi connectivity index (χ3n) is 4.22. The molecule has 2 amide bonds. The van der Waals surface area contributed by atoms with E-state index in [2.05, 4.69) is 11.4 Å². The molecule has 0 bridgehead atoms. The summed E-state index contributed by atoms with van der Waals surface area (Å²) in [7, 11) is 0. The predicted octanol–water partition coefficient (Wildman–Crippen LogP) is 2.51. The van der Waals surface area contributed by atoms with Crippen LogP contribution in [0.3, 0.4) is 0 Å². The highest BCUT2D eigenvalue weighted by molar-refractivity contribution is 5.80. The number of likely N-dealkylation sites (tertiary alicyclic amines) is 1. The molecule has 0 spiro atoms. The third kappa shape index (κ3) is 4.33. The first-order chi connectivity index (χ1) is 10.5. The number of amides is 2. The molecule has 1 saturated heterocycles. The van der Waals surface area contributed by atoms with Crippen LogP contribution in [0.2, 0.25) is 0 Å². The van der Waals surface area contributed by atoms with Crippen molar-refractivity contribution in [3.05, 3.63) is 35.4 Å². The van der Waals surface area contributed by atoms with Crippen molar-refractivity contribution >= 4 is 11.8 Å². The largest absolute Gasteiger partial charge is 0.352 e. The monoisotopic (exact) mass is 302 g/mol. The van der Waals surface area contributed by atoms with Crippen molar-refractivity contribution in [2.45, 2.75) is 40.2 Å². The summed E-state index contributed by atoms with van der Waals surface area (Å²) in [5.41, 5.74) is 2.33. The maximum atomic E-state index is 12.3. The first-order valence-electron chi connectivity index (χ1n) is 8.09. The van der Waals surface area contributed by atoms with Gasteiger partial charge in [-0.05, 0) is 25.3 Å². The van der Waals surface area contributed by atoms with Gasteiger partial charge in [-0.25, -0.2) is 0 Å². The second-order valence-corrected chi connectivity index (χ2v) is 6.46. The standard InChI is InChI=1S/C18H26N2O2/c1-13(2)18(22)20-9-7-16(8-10-20)17(21)19-12-15-6-4-5-14(3)11-15/h4-6,11,13,16H,7-10,12H2,1-3H3,(H,19,21). The molecule has 120 valence electrons. The summed E-state index contributed by atoms with van der Waals surface area (Å²) in [5, 5.41) is 3.02. The lowest BCUT2D eigenvalue weighted by Crippen LogP contribution is -2.44. The Bertz CT molecular complexity index is 532. The Morgan fingerprint density at radius 2 is 1.95 bits per heavy atom. The number of rotatable bonds is 4. The van der Waals surface area contributed by atoms with Crippen molar-refractivity contribution < 1.29 is 9.59 Å². The number of hydrogen-bond acceptors (Lipinski definition) is 2. The number of nitrogens with one attached hydrogen (secondary N) is 1. The maximum Gasteiger partial charge on any atom is 0.225 e. The molecule has 0 aliphatic carbocycles. The second kappa shape index (κ2) is 7.43. The Labute approximate surface area is 132 Å². The van der Waals surface area contributed by atoms with Crippen molar-refractivity contribution in [1.82, 2.24) is 10.2 Å². The lowest BCUT2D eigenvalue weighted by molar-refractivity contribution is -0.138. The lowest BCUT2D eigenvalue weighted by atomic mass is 9.95. The van der Waals surface area contributed by atoms with Crippen LogP contribution in [0.5, 0.6) is 0 Å². The van der Waals surface area contributed by atoms with Crippen molar-refractivity contribution in [2.75, 3.05) is 13.1 Å². The summed E-state index contributed by atoms with van der Waals surface area (Å²) in [6.45, 7) is 7.85. The second-order valence-electron chi connectivity index (χ2n) is 6.46. The smallest absolute Gasteiger partial charge is 0.225 e. The minimum Gasteiger partial charge on any atom is -0.352 e. The molecule has 0 aromatic heterocycles. The highest BCUT2D eigenvalue weighted by Crippen LogP contribution is 2.19. The fraction of sp³-hybridized carbons (Fsp3) is 0.556. The summed E-state index contributed by atoms with van der Waals surface area (Å²) in [6, 6.07) is 8.17. The van der Waals surface area contributed by atoms with Gasteiger partial charge in [0.1, 0.15) is 0 Å². The topological polar surface area (TPSA) is 49.4 Å². The van der Waals surface area contributed by atoms with E-state index in [1.54, 1.807) is 0 Å². The van der Waals surface area contributed by atoms with Gasteiger partial charge >= 0.3 is 0 Å². The minimum absolute atomic E-state index is 0.0287. The van der Waals surface area contributed by atoms with Crippen LogP contribution in [-0.2, 0) is 16.1 Å². The molecule has 1 aliphatic heterocycles. The van der Waals surface area contributed by atoms with Crippen LogP contribution in [0, 0.1) is 18.8 Å². The van der Waals surface area contributed by atoms with Crippen LogP contribution in [0.1, 0.15) is 37.8 Å². The zero-order chi connectivity index (χ0) is 16.1. The highest BCUT2D eigenvalue weighted by atomic mass is 16.2. The summed E-state index contributed by atoms with van der Waals surface area (Å²) < 4.78 is 0. The van der Waals surface area contributed by atoms with E-state index in [4.69, 9.17) is 0 Å². The molecule has 0 unspecified atom stereocenters. The minimum atomic E-state index is 0.0287. The van der Waals surface area contributed by atoms with E-state index in [9.17, 15) is 9.59 Å². The Kier molecular flexibility index (Phi) is 5.58. The number of aryl methyl sites for hydroxylation is 1. The summed E-state index contributed by atoms with van der Waals surface area (Å²) >= 11 is 0. The van der Waals surface area contributed by atoms with Gasteiger partial charge in [-0.2, -0.15) is 0 Å². The molecule has 1 fully saturated rings. The van der Waals surface area contributed by atoms with Gasteiger partial charge in [-0.1, -0.05) is 43.7 Å². The van der Waals surface area contributed by atoms with Crippen molar-refractivity contribution in [3.8, 4) is 0 Å². The van der Waals surface area contributed by atoms with Crippen LogP contribution in [0.4, 0.5) is 0 Å². The normalized spacial score (nSPS) is 15.9. The molecule has 4 nitrogen and oxygen atoms in total. The zero-order valence-electron chi connectivity index (χ0n) is 13.8. The van der Waals surface area contributed by atoms with Crippen LogP contribution < -0.4 is 5.32 Å². The van der Waals surface area contributed by atoms with Crippen LogP contribution >= 0.6 is 0 Å². The van der Waals surface area contributed by atoms with E-state index in [1.807, 2.05) is 43.9 Å². The fourth-order valence-corrected chi connectivity index (χ4v) is 2.88. The molecule has 4 heteroatoms. The van der Waals surface area contributed by atoms with Gasteiger partial charge in [0.25, 0.3) is 0 Å². The first-order valence-corrected chi connectivity index (χ1v) is 8.09. The van der Waals surface area contributed by atoms with Crippen molar-refractivity contribution in [2.24, 2.45) is 11.8 Å². The molecule has 1 aromatic carbocycles. The van der Waals surface area contributed by atoms with Gasteiger partial charge in [0.15, 0.2) is 0 Å². The number of piperidine rings is 1. The number of nitrogens with zero attached hydrogens (tertiary/aromatic N) is 1. The Hall–Kier alpha value is -1.84. The van der Waals surface area contributed by atoms with E-state index in [0.29, 0.717) is 19.6 Å². The Morgan fingerprint density at radius 1 is 1.27 bits per heavy atom. The molecule has 0 atom stereocenters. The molecular weight excluding hydrogens is 276 g/mol. The quantitative estimate of drug-likeness (QED) is 0.929. The molecule has 22 heavy (non-hydrogen) atoms. The van der Waals surface area contributed by atoms with Gasteiger partial charge in [-0.15, -0.1) is 0 Å².